The van der Waals surface area contributed by atoms with Gasteiger partial charge in [-0.2, -0.15) is 0 Å². The third-order valence-electron chi connectivity index (χ3n) is 2.76. The van der Waals surface area contributed by atoms with E-state index in [1.807, 2.05) is 6.92 Å². The maximum Gasteiger partial charge on any atom is 0.186 e. The number of phenolic OH excluding ortho intramolecular Hbond substituents is 1. The molecule has 0 saturated heterocycles. The van der Waals surface area contributed by atoms with E-state index in [4.69, 9.17) is 4.74 Å². The van der Waals surface area contributed by atoms with Crippen molar-refractivity contribution < 1.29 is 14.6 Å². The van der Waals surface area contributed by atoms with Gasteiger partial charge in [0.15, 0.2) is 5.78 Å². The Morgan fingerprint density at radius 3 is 2.95 bits per heavy atom. The molecule has 100 valence electrons. The van der Waals surface area contributed by atoms with Crippen LogP contribution in [0.25, 0.3) is 0 Å². The molecule has 1 N–H and O–H groups in total. The predicted octanol–water partition coefficient (Wildman–Crippen LogP) is 2.01. The van der Waals surface area contributed by atoms with Gasteiger partial charge in [-0.1, -0.05) is 12.1 Å². The van der Waals surface area contributed by atoms with Crippen molar-refractivity contribution in [2.75, 3.05) is 6.61 Å². The van der Waals surface area contributed by atoms with E-state index in [9.17, 15) is 9.90 Å². The van der Waals surface area contributed by atoms with Crippen LogP contribution in [0.5, 0.6) is 5.75 Å². The van der Waals surface area contributed by atoms with Gasteiger partial charge in [0, 0.05) is 19.0 Å². The number of carbonyl (C=O) groups excluding carboxylic acids is 1. The Morgan fingerprint density at radius 1 is 1.42 bits per heavy atom. The topological polar surface area (TPSA) is 64.4 Å². The minimum absolute atomic E-state index is 0.000950. The molecule has 0 saturated carbocycles. The molecule has 0 bridgehead atoms. The van der Waals surface area contributed by atoms with Crippen molar-refractivity contribution in [3.05, 3.63) is 48.0 Å². The molecular formula is C14H16N2O3. The highest BCUT2D eigenvalue weighted by molar-refractivity contribution is 5.98. The summed E-state index contributed by atoms with van der Waals surface area (Å²) in [6.07, 6.45) is 3.36. The van der Waals surface area contributed by atoms with Crippen LogP contribution >= 0.6 is 0 Å². The number of imidazole rings is 1. The van der Waals surface area contributed by atoms with Crippen molar-refractivity contribution in [1.29, 1.82) is 0 Å². The van der Waals surface area contributed by atoms with Crippen LogP contribution in [0.15, 0.2) is 36.7 Å². The molecule has 5 heteroatoms. The highest BCUT2D eigenvalue weighted by Gasteiger charge is 2.13. The van der Waals surface area contributed by atoms with Gasteiger partial charge in [0.05, 0.1) is 12.1 Å². The molecule has 1 aromatic heterocycles. The lowest BCUT2D eigenvalue weighted by Gasteiger charge is -2.08. The summed E-state index contributed by atoms with van der Waals surface area (Å²) in [6, 6.07) is 6.52. The first kappa shape index (κ1) is 13.3. The van der Waals surface area contributed by atoms with Crippen molar-refractivity contribution in [3.8, 4) is 5.75 Å². The van der Waals surface area contributed by atoms with Crippen LogP contribution in [0.3, 0.4) is 0 Å². The van der Waals surface area contributed by atoms with Gasteiger partial charge in [0.25, 0.3) is 0 Å². The van der Waals surface area contributed by atoms with Crippen LogP contribution in [0.1, 0.15) is 23.1 Å². The SMILES string of the molecule is CCOCc1nccn1CC(=O)c1ccccc1O. The fourth-order valence-corrected chi connectivity index (χ4v) is 1.77. The standard InChI is InChI=1S/C14H16N2O3/c1-2-19-10-14-15-7-8-16(14)9-13(18)11-5-3-4-6-12(11)17/h3-8,17H,2,9-10H2,1H3. The third kappa shape index (κ3) is 3.20. The molecule has 2 aromatic rings. The summed E-state index contributed by atoms with van der Waals surface area (Å²) in [5.74, 6) is 0.540. The van der Waals surface area contributed by atoms with E-state index < -0.39 is 0 Å². The summed E-state index contributed by atoms with van der Waals surface area (Å²) in [7, 11) is 0. The molecule has 0 radical (unpaired) electrons. The van der Waals surface area contributed by atoms with Crippen LogP contribution in [-0.4, -0.2) is 27.0 Å². The summed E-state index contributed by atoms with van der Waals surface area (Å²) < 4.78 is 7.01. The fourth-order valence-electron chi connectivity index (χ4n) is 1.77. The van der Waals surface area contributed by atoms with E-state index in [2.05, 4.69) is 4.98 Å². The smallest absolute Gasteiger partial charge is 0.186 e. The number of phenols is 1. The zero-order valence-electron chi connectivity index (χ0n) is 10.7. The lowest BCUT2D eigenvalue weighted by atomic mass is 10.1. The zero-order valence-corrected chi connectivity index (χ0v) is 10.7. The number of para-hydroxylation sites is 1. The number of Topliss-reactive ketones (excluding diaryl/α,β-unsaturated/α-hetero) is 1. The lowest BCUT2D eigenvalue weighted by Crippen LogP contribution is -2.13. The number of ether oxygens (including phenoxy) is 1. The molecule has 0 aliphatic heterocycles. The van der Waals surface area contributed by atoms with E-state index in [0.717, 1.165) is 0 Å². The Labute approximate surface area is 111 Å². The zero-order chi connectivity index (χ0) is 13.7. The number of hydrogen-bond donors (Lipinski definition) is 1. The van der Waals surface area contributed by atoms with Crippen LogP contribution < -0.4 is 0 Å². The molecule has 1 heterocycles. The minimum atomic E-state index is -0.158. The quantitative estimate of drug-likeness (QED) is 0.807. The van der Waals surface area contributed by atoms with Crippen molar-refractivity contribution in [3.63, 3.8) is 0 Å². The molecule has 0 fully saturated rings. The van der Waals surface area contributed by atoms with Gasteiger partial charge in [-0.25, -0.2) is 4.98 Å². The van der Waals surface area contributed by atoms with E-state index in [-0.39, 0.29) is 18.1 Å². The summed E-state index contributed by atoms with van der Waals surface area (Å²) in [6.45, 7) is 3.01. The number of aromatic nitrogens is 2. The van der Waals surface area contributed by atoms with Crippen molar-refractivity contribution >= 4 is 5.78 Å². The van der Waals surface area contributed by atoms with Gasteiger partial charge < -0.3 is 14.4 Å². The van der Waals surface area contributed by atoms with Gasteiger partial charge in [-0.15, -0.1) is 0 Å². The average Bonchev–Trinajstić information content (AvgIpc) is 2.84. The number of carbonyl (C=O) groups is 1. The third-order valence-corrected chi connectivity index (χ3v) is 2.76. The van der Waals surface area contributed by atoms with Crippen LogP contribution in [0, 0.1) is 0 Å². The molecule has 5 nitrogen and oxygen atoms in total. The normalized spacial score (nSPS) is 10.6. The van der Waals surface area contributed by atoms with Crippen molar-refractivity contribution in [2.45, 2.75) is 20.1 Å². The molecule has 0 spiro atoms. The van der Waals surface area contributed by atoms with Crippen LogP contribution in [0.4, 0.5) is 0 Å². The Balaban J connectivity index is 2.11. The summed E-state index contributed by atoms with van der Waals surface area (Å²) in [5.41, 5.74) is 0.318. The summed E-state index contributed by atoms with van der Waals surface area (Å²) in [4.78, 5) is 16.3. The molecule has 0 atom stereocenters. The number of hydrogen-bond acceptors (Lipinski definition) is 4. The molecule has 19 heavy (non-hydrogen) atoms. The summed E-state index contributed by atoms with van der Waals surface area (Å²) >= 11 is 0. The fraction of sp³-hybridized carbons (Fsp3) is 0.286. The molecule has 2 rings (SSSR count). The number of aromatic hydroxyl groups is 1. The van der Waals surface area contributed by atoms with E-state index in [1.165, 1.54) is 6.07 Å². The maximum absolute atomic E-state index is 12.1. The highest BCUT2D eigenvalue weighted by Crippen LogP contribution is 2.17. The van der Waals surface area contributed by atoms with Gasteiger partial charge in [-0.05, 0) is 19.1 Å². The highest BCUT2D eigenvalue weighted by atomic mass is 16.5. The number of benzene rings is 1. The first-order valence-corrected chi connectivity index (χ1v) is 6.11. The maximum atomic E-state index is 12.1. The van der Waals surface area contributed by atoms with E-state index in [1.54, 1.807) is 35.2 Å². The summed E-state index contributed by atoms with van der Waals surface area (Å²) in [5, 5.41) is 9.65. The molecule has 0 aliphatic rings. The van der Waals surface area contributed by atoms with Crippen molar-refractivity contribution in [1.82, 2.24) is 9.55 Å². The second-order valence-corrected chi connectivity index (χ2v) is 4.05. The van der Waals surface area contributed by atoms with E-state index >= 15 is 0 Å². The van der Waals surface area contributed by atoms with Gasteiger partial charge in [0.2, 0.25) is 0 Å². The second-order valence-electron chi connectivity index (χ2n) is 4.05. The largest absolute Gasteiger partial charge is 0.507 e. The first-order valence-electron chi connectivity index (χ1n) is 6.11. The predicted molar refractivity (Wildman–Crippen MR) is 70.0 cm³/mol. The van der Waals surface area contributed by atoms with E-state index in [0.29, 0.717) is 24.6 Å². The first-order chi connectivity index (χ1) is 9.22. The monoisotopic (exact) mass is 260 g/mol. The second kappa shape index (κ2) is 6.15. The molecule has 1 aromatic carbocycles. The molecule has 0 amide bonds. The van der Waals surface area contributed by atoms with Gasteiger partial charge in [-0.3, -0.25) is 4.79 Å². The lowest BCUT2D eigenvalue weighted by molar-refractivity contribution is 0.0958. The Hall–Kier alpha value is -2.14. The number of ketones is 1. The number of rotatable bonds is 6. The minimum Gasteiger partial charge on any atom is -0.507 e. The van der Waals surface area contributed by atoms with Crippen LogP contribution in [-0.2, 0) is 17.9 Å². The Bertz CT molecular complexity index is 563. The molecule has 0 unspecified atom stereocenters. The molecule has 0 aliphatic carbocycles. The van der Waals surface area contributed by atoms with Gasteiger partial charge >= 0.3 is 0 Å². The van der Waals surface area contributed by atoms with Crippen molar-refractivity contribution in [2.24, 2.45) is 0 Å². The Kier molecular flexibility index (Phi) is 4.30. The van der Waals surface area contributed by atoms with Gasteiger partial charge in [0.1, 0.15) is 18.2 Å². The number of nitrogens with zero attached hydrogens (tertiary/aromatic N) is 2. The average molecular weight is 260 g/mol. The Morgan fingerprint density at radius 2 is 2.21 bits per heavy atom. The van der Waals surface area contributed by atoms with Crippen LogP contribution in [0.2, 0.25) is 0 Å². The molecular weight excluding hydrogens is 244 g/mol.